The lowest BCUT2D eigenvalue weighted by atomic mass is 9.85. The minimum absolute atomic E-state index is 0.0408. The molecule has 0 radical (unpaired) electrons. The van der Waals surface area contributed by atoms with Crippen molar-refractivity contribution in [2.45, 2.75) is 57.8 Å². The number of benzene rings is 2. The average Bonchev–Trinajstić information content (AvgIpc) is 2.85. The molecule has 6 rings (SSSR count). The maximum Gasteiger partial charge on any atom is 0.307 e. The second-order valence-corrected chi connectivity index (χ2v) is 9.66. The third-order valence-corrected chi connectivity index (χ3v) is 7.54. The summed E-state index contributed by atoms with van der Waals surface area (Å²) in [4.78, 5) is 21.8. The Balaban J connectivity index is 1.63. The Labute approximate surface area is 198 Å². The van der Waals surface area contributed by atoms with Crippen molar-refractivity contribution in [2.75, 3.05) is 6.61 Å². The number of aliphatic carboxylic acids is 1. The van der Waals surface area contributed by atoms with Crippen molar-refractivity contribution in [3.05, 3.63) is 65.0 Å². The fraction of sp³-hybridized carbons (Fsp3) is 0.345. The van der Waals surface area contributed by atoms with Crippen LogP contribution in [0.3, 0.4) is 0 Å². The molecule has 2 aliphatic rings. The molecular weight excluding hydrogens is 424 g/mol. The van der Waals surface area contributed by atoms with Crippen LogP contribution in [0.25, 0.3) is 32.9 Å². The van der Waals surface area contributed by atoms with Crippen LogP contribution < -0.4 is 4.74 Å². The summed E-state index contributed by atoms with van der Waals surface area (Å²) in [7, 11) is 0. The number of aromatic nitrogens is 2. The van der Waals surface area contributed by atoms with Gasteiger partial charge in [0.1, 0.15) is 5.75 Å². The first-order valence-electron chi connectivity index (χ1n) is 12.3. The molecule has 1 saturated carbocycles. The highest BCUT2D eigenvalue weighted by atomic mass is 16.5. The topological polar surface area (TPSA) is 72.3 Å². The molecule has 2 aromatic heterocycles. The van der Waals surface area contributed by atoms with Crippen LogP contribution in [0.5, 0.6) is 5.75 Å². The lowest BCUT2D eigenvalue weighted by molar-refractivity contribution is -0.136. The number of aryl methyl sites for hydroxylation is 1. The van der Waals surface area contributed by atoms with E-state index in [1.165, 1.54) is 37.7 Å². The molecule has 0 spiro atoms. The van der Waals surface area contributed by atoms with Gasteiger partial charge in [0.05, 0.1) is 24.1 Å². The zero-order valence-electron chi connectivity index (χ0n) is 19.4. The van der Waals surface area contributed by atoms with Crippen LogP contribution in [0.1, 0.15) is 60.4 Å². The first-order chi connectivity index (χ1) is 16.6. The first-order valence-corrected chi connectivity index (χ1v) is 12.3. The van der Waals surface area contributed by atoms with Crippen molar-refractivity contribution in [3.8, 4) is 16.9 Å². The van der Waals surface area contributed by atoms with Gasteiger partial charge in [-0.1, -0.05) is 25.3 Å². The Morgan fingerprint density at radius 2 is 1.97 bits per heavy atom. The van der Waals surface area contributed by atoms with Gasteiger partial charge in [-0.25, -0.2) is 0 Å². The van der Waals surface area contributed by atoms with Gasteiger partial charge in [-0.3, -0.25) is 14.8 Å². The molecule has 0 saturated heterocycles. The van der Waals surface area contributed by atoms with Crippen LogP contribution in [-0.4, -0.2) is 27.7 Å². The Kier molecular flexibility index (Phi) is 5.20. The maximum atomic E-state index is 11.9. The predicted molar refractivity (Wildman–Crippen MR) is 134 cm³/mol. The quantitative estimate of drug-likeness (QED) is 0.390. The second-order valence-electron chi connectivity index (χ2n) is 9.66. The smallest absolute Gasteiger partial charge is 0.307 e. The molecule has 5 nitrogen and oxygen atoms in total. The summed E-state index contributed by atoms with van der Waals surface area (Å²) in [6.45, 7) is 2.66. The Hall–Kier alpha value is -3.47. The van der Waals surface area contributed by atoms with E-state index in [0.29, 0.717) is 12.5 Å². The summed E-state index contributed by atoms with van der Waals surface area (Å²) < 4.78 is 5.93. The Morgan fingerprint density at radius 3 is 2.79 bits per heavy atom. The lowest BCUT2D eigenvalue weighted by Crippen LogP contribution is -2.10. The van der Waals surface area contributed by atoms with E-state index in [0.717, 1.165) is 61.9 Å². The highest BCUT2D eigenvalue weighted by Gasteiger charge is 2.23. The maximum absolute atomic E-state index is 11.9. The SMILES string of the molecule is Cc1cc2nc(C3CCCCC3)ccc2c(-c2ccc3c4c(ccnc24)CCO3)c1CC(=O)O. The average molecular weight is 453 g/mol. The van der Waals surface area contributed by atoms with E-state index in [9.17, 15) is 9.90 Å². The third-order valence-electron chi connectivity index (χ3n) is 7.54. The summed E-state index contributed by atoms with van der Waals surface area (Å²) >= 11 is 0. The second kappa shape index (κ2) is 8.39. The molecule has 4 aromatic rings. The number of carbonyl (C=O) groups is 1. The summed E-state index contributed by atoms with van der Waals surface area (Å²) in [5, 5.41) is 11.8. The molecule has 172 valence electrons. The van der Waals surface area contributed by atoms with Gasteiger partial charge in [0.2, 0.25) is 0 Å². The summed E-state index contributed by atoms with van der Waals surface area (Å²) in [6, 6.07) is 12.5. The predicted octanol–water partition coefficient (Wildman–Crippen LogP) is 6.37. The number of hydrogen-bond donors (Lipinski definition) is 1. The largest absolute Gasteiger partial charge is 0.493 e. The molecular formula is C29H28N2O3. The van der Waals surface area contributed by atoms with Gasteiger partial charge in [0, 0.05) is 40.6 Å². The zero-order valence-corrected chi connectivity index (χ0v) is 19.4. The van der Waals surface area contributed by atoms with E-state index in [-0.39, 0.29) is 6.42 Å². The third kappa shape index (κ3) is 3.51. The fourth-order valence-corrected chi connectivity index (χ4v) is 5.88. The molecule has 1 fully saturated rings. The van der Waals surface area contributed by atoms with E-state index >= 15 is 0 Å². The van der Waals surface area contributed by atoms with Gasteiger partial charge in [0.15, 0.2) is 0 Å². The molecule has 3 heterocycles. The molecule has 1 N–H and O–H groups in total. The highest BCUT2D eigenvalue weighted by Crippen LogP contribution is 2.42. The van der Waals surface area contributed by atoms with Crippen LogP contribution >= 0.6 is 0 Å². The molecule has 34 heavy (non-hydrogen) atoms. The number of fused-ring (bicyclic) bond motifs is 1. The molecule has 5 heteroatoms. The Morgan fingerprint density at radius 1 is 1.12 bits per heavy atom. The molecule has 1 aliphatic heterocycles. The summed E-state index contributed by atoms with van der Waals surface area (Å²) in [5.74, 6) is 0.525. The van der Waals surface area contributed by atoms with Crippen molar-refractivity contribution in [2.24, 2.45) is 0 Å². The normalized spacial score (nSPS) is 16.0. The number of rotatable bonds is 4. The van der Waals surface area contributed by atoms with E-state index < -0.39 is 5.97 Å². The van der Waals surface area contributed by atoms with Crippen molar-refractivity contribution in [3.63, 3.8) is 0 Å². The minimum Gasteiger partial charge on any atom is -0.493 e. The fourth-order valence-electron chi connectivity index (χ4n) is 5.88. The lowest BCUT2D eigenvalue weighted by Gasteiger charge is -2.23. The van der Waals surface area contributed by atoms with Gasteiger partial charge in [0.25, 0.3) is 0 Å². The number of ether oxygens (including phenoxy) is 1. The van der Waals surface area contributed by atoms with Gasteiger partial charge in [-0.05, 0) is 72.4 Å². The molecule has 0 unspecified atom stereocenters. The molecule has 2 aromatic carbocycles. The van der Waals surface area contributed by atoms with Crippen molar-refractivity contribution >= 4 is 27.8 Å². The number of carboxylic acid groups (broad SMARTS) is 1. The zero-order chi connectivity index (χ0) is 23.2. The number of hydrogen-bond acceptors (Lipinski definition) is 4. The van der Waals surface area contributed by atoms with Crippen LogP contribution in [0.2, 0.25) is 0 Å². The van der Waals surface area contributed by atoms with Gasteiger partial charge >= 0.3 is 5.97 Å². The number of pyridine rings is 2. The van der Waals surface area contributed by atoms with E-state index in [1.54, 1.807) is 0 Å². The highest BCUT2D eigenvalue weighted by molar-refractivity contribution is 6.07. The minimum atomic E-state index is -0.838. The molecule has 0 bridgehead atoms. The first kappa shape index (κ1) is 21.1. The number of carboxylic acids is 1. The molecule has 1 aliphatic carbocycles. The molecule has 0 amide bonds. The Bertz CT molecular complexity index is 1430. The van der Waals surface area contributed by atoms with Crippen molar-refractivity contribution in [1.82, 2.24) is 9.97 Å². The number of nitrogens with zero attached hydrogens (tertiary/aromatic N) is 2. The van der Waals surface area contributed by atoms with Crippen molar-refractivity contribution < 1.29 is 14.6 Å². The van der Waals surface area contributed by atoms with Crippen LogP contribution in [0.15, 0.2) is 42.6 Å². The van der Waals surface area contributed by atoms with Crippen LogP contribution in [0, 0.1) is 6.92 Å². The standard InChI is InChI=1S/C29H28N2O3/c1-17-15-24-20(7-9-23(31-24)18-5-3-2-4-6-18)28(22(17)16-26(32)33)21-8-10-25-27-19(12-14-34-25)11-13-30-29(21)27/h7-11,13,15,18H,2-6,12,14,16H2,1H3,(H,32,33). The van der Waals surface area contributed by atoms with Crippen LogP contribution in [0.4, 0.5) is 0 Å². The summed E-state index contributed by atoms with van der Waals surface area (Å²) in [6.07, 6.45) is 8.89. The van der Waals surface area contributed by atoms with Gasteiger partial charge < -0.3 is 9.84 Å². The van der Waals surface area contributed by atoms with Gasteiger partial charge in [-0.2, -0.15) is 0 Å². The van der Waals surface area contributed by atoms with Crippen LogP contribution in [-0.2, 0) is 17.6 Å². The monoisotopic (exact) mass is 452 g/mol. The molecule has 0 atom stereocenters. The van der Waals surface area contributed by atoms with E-state index in [2.05, 4.69) is 24.3 Å². The van der Waals surface area contributed by atoms with Crippen molar-refractivity contribution in [1.29, 1.82) is 0 Å². The van der Waals surface area contributed by atoms with E-state index in [4.69, 9.17) is 14.7 Å². The summed E-state index contributed by atoms with van der Waals surface area (Å²) in [5.41, 5.74) is 7.84. The van der Waals surface area contributed by atoms with Gasteiger partial charge in [-0.15, -0.1) is 0 Å². The van der Waals surface area contributed by atoms with E-state index in [1.807, 2.05) is 25.3 Å².